The minimum Gasteiger partial charge on any atom is -0.481 e. The Kier molecular flexibility index (Phi) is 11.4. The van der Waals surface area contributed by atoms with Crippen molar-refractivity contribution in [1.82, 2.24) is 20.2 Å². The maximum absolute atomic E-state index is 14.2. The van der Waals surface area contributed by atoms with E-state index in [1.165, 1.54) is 24.9 Å². The van der Waals surface area contributed by atoms with Crippen LogP contribution in [-0.2, 0) is 43.5 Å². The lowest BCUT2D eigenvalue weighted by atomic mass is 9.80. The van der Waals surface area contributed by atoms with Gasteiger partial charge in [-0.1, -0.05) is 12.0 Å². The Morgan fingerprint density at radius 2 is 1.45 bits per heavy atom. The molecule has 0 atom stereocenters. The highest BCUT2D eigenvalue weighted by Crippen LogP contribution is 2.40. The second-order valence-electron chi connectivity index (χ2n) is 12.6. The molecule has 1 N–H and O–H groups in total. The summed E-state index contributed by atoms with van der Waals surface area (Å²) in [5, 5.41) is 20.8. The number of anilines is 2. The van der Waals surface area contributed by atoms with E-state index in [1.807, 2.05) is 11.8 Å². The van der Waals surface area contributed by atoms with Crippen molar-refractivity contribution in [2.24, 2.45) is 18.9 Å². The second-order valence-corrected chi connectivity index (χ2v) is 12.6. The van der Waals surface area contributed by atoms with Gasteiger partial charge in [0.15, 0.2) is 0 Å². The van der Waals surface area contributed by atoms with Crippen LogP contribution in [0.5, 0.6) is 0 Å². The first kappa shape index (κ1) is 37.8. The molecule has 0 aliphatic heterocycles. The molecule has 3 aromatic rings. The van der Waals surface area contributed by atoms with Gasteiger partial charge in [0.1, 0.15) is 0 Å². The lowest BCUT2D eigenvalue weighted by Gasteiger charge is -2.35. The van der Waals surface area contributed by atoms with Crippen LogP contribution in [0.4, 0.5) is 51.1 Å². The fourth-order valence-electron chi connectivity index (χ4n) is 6.36. The van der Waals surface area contributed by atoms with Crippen molar-refractivity contribution in [3.05, 3.63) is 63.7 Å². The summed E-state index contributed by atoms with van der Waals surface area (Å²) in [6.45, 7) is 3.09. The van der Waals surface area contributed by atoms with Gasteiger partial charge in [-0.25, -0.2) is 0 Å². The van der Waals surface area contributed by atoms with Crippen LogP contribution in [0.3, 0.4) is 0 Å². The smallest absolute Gasteiger partial charge is 0.416 e. The summed E-state index contributed by atoms with van der Waals surface area (Å²) < 4.78 is 125. The van der Waals surface area contributed by atoms with Crippen LogP contribution in [0.25, 0.3) is 0 Å². The molecule has 4 rings (SSSR count). The molecule has 270 valence electrons. The van der Waals surface area contributed by atoms with Crippen molar-refractivity contribution in [1.29, 1.82) is 0 Å². The van der Waals surface area contributed by atoms with Crippen LogP contribution in [-0.4, -0.2) is 44.4 Å². The summed E-state index contributed by atoms with van der Waals surface area (Å²) in [6.07, 6.45) is -11.5. The number of aromatic nitrogens is 4. The fourth-order valence-corrected chi connectivity index (χ4v) is 6.36. The number of carbonyl (C=O) groups is 1. The Balaban J connectivity index is 1.77. The van der Waals surface area contributed by atoms with E-state index >= 15 is 0 Å². The van der Waals surface area contributed by atoms with Gasteiger partial charge in [0.2, 0.25) is 0 Å². The lowest BCUT2D eigenvalue weighted by Crippen LogP contribution is -2.34. The number of benzene rings is 2. The number of carboxylic acid groups (broad SMARTS) is 1. The summed E-state index contributed by atoms with van der Waals surface area (Å²) in [7, 11) is 1.38. The zero-order valence-corrected chi connectivity index (χ0v) is 27.1. The highest BCUT2D eigenvalue weighted by molar-refractivity contribution is 5.67. The Hall–Kier alpha value is -4.05. The SMILES string of the molecule is CCCN(CC1CCC(CC(=O)O)CC1)c1cc(C)c(C(F)(F)F)cc1CN(Cc1cc(C(F)(F)F)cc(C(F)(F)F)c1)c1nnn(C)n1. The molecule has 1 fully saturated rings. The maximum atomic E-state index is 14.2. The highest BCUT2D eigenvalue weighted by atomic mass is 19.4. The van der Waals surface area contributed by atoms with Gasteiger partial charge < -0.3 is 14.9 Å². The number of carboxylic acids is 1. The van der Waals surface area contributed by atoms with Crippen molar-refractivity contribution in [2.45, 2.75) is 84.0 Å². The number of hydrogen-bond donors (Lipinski definition) is 1. The van der Waals surface area contributed by atoms with Crippen LogP contribution in [0.15, 0.2) is 30.3 Å². The van der Waals surface area contributed by atoms with Gasteiger partial charge >= 0.3 is 24.5 Å². The largest absolute Gasteiger partial charge is 0.481 e. The molecule has 0 amide bonds. The molecule has 2 aromatic carbocycles. The van der Waals surface area contributed by atoms with E-state index in [9.17, 15) is 49.4 Å². The van der Waals surface area contributed by atoms with E-state index < -0.39 is 59.8 Å². The minimum atomic E-state index is -5.11. The summed E-state index contributed by atoms with van der Waals surface area (Å²) in [5.41, 5.74) is -3.95. The summed E-state index contributed by atoms with van der Waals surface area (Å²) in [4.78, 5) is 15.3. The first-order valence-corrected chi connectivity index (χ1v) is 15.7. The van der Waals surface area contributed by atoms with Crippen LogP contribution in [0, 0.1) is 18.8 Å². The molecule has 8 nitrogen and oxygen atoms in total. The third-order valence-corrected chi connectivity index (χ3v) is 8.64. The molecule has 0 unspecified atom stereocenters. The van der Waals surface area contributed by atoms with Crippen LogP contribution < -0.4 is 9.80 Å². The number of aryl methyl sites for hydroxylation is 2. The fraction of sp³-hybridized carbons (Fsp3) is 0.562. The van der Waals surface area contributed by atoms with Gasteiger partial charge in [0, 0.05) is 38.3 Å². The Labute approximate surface area is 276 Å². The number of alkyl halides is 9. The predicted molar refractivity (Wildman–Crippen MR) is 162 cm³/mol. The van der Waals surface area contributed by atoms with Crippen molar-refractivity contribution >= 4 is 17.6 Å². The lowest BCUT2D eigenvalue weighted by molar-refractivity contribution is -0.143. The normalized spacial score (nSPS) is 17.3. The Morgan fingerprint density at radius 1 is 0.857 bits per heavy atom. The first-order valence-electron chi connectivity index (χ1n) is 15.7. The molecule has 1 heterocycles. The number of rotatable bonds is 12. The molecule has 1 saturated carbocycles. The standard InChI is InChI=1S/C32H37F9N6O2/c1-4-9-46(16-21-7-5-20(6-8-21)13-28(48)49)27-10-19(2)26(32(39,40)41)14-23(27)18-47(29-42-44-45(3)43-29)17-22-11-24(30(33,34)35)15-25(12-22)31(36,37)38/h10-12,14-15,20-21H,4-9,13,16-18H2,1-3H3,(H,48,49). The molecule has 0 spiro atoms. The van der Waals surface area contributed by atoms with E-state index in [0.717, 1.165) is 23.7 Å². The van der Waals surface area contributed by atoms with Crippen molar-refractivity contribution in [3.63, 3.8) is 0 Å². The Bertz CT molecular complexity index is 1560. The van der Waals surface area contributed by atoms with Crippen LogP contribution in [0.1, 0.15) is 78.8 Å². The topological polar surface area (TPSA) is 87.4 Å². The van der Waals surface area contributed by atoms with Crippen LogP contribution >= 0.6 is 0 Å². The molecule has 0 radical (unpaired) electrons. The number of aliphatic carboxylic acids is 1. The molecule has 1 aliphatic rings. The summed E-state index contributed by atoms with van der Waals surface area (Å²) in [5.74, 6) is -0.926. The van der Waals surface area contributed by atoms with Gasteiger partial charge in [0.25, 0.3) is 5.95 Å². The molecular weight excluding hydrogens is 671 g/mol. The van der Waals surface area contributed by atoms with Crippen LogP contribution in [0.2, 0.25) is 0 Å². The molecule has 49 heavy (non-hydrogen) atoms. The van der Waals surface area contributed by atoms with E-state index in [0.29, 0.717) is 50.2 Å². The minimum absolute atomic E-state index is 0.000135. The third kappa shape index (κ3) is 10.00. The zero-order chi connectivity index (χ0) is 36.3. The molecule has 1 aromatic heterocycles. The van der Waals surface area contributed by atoms with E-state index in [1.54, 1.807) is 0 Å². The number of hydrogen-bond acceptors (Lipinski definition) is 6. The van der Waals surface area contributed by atoms with Gasteiger partial charge in [-0.05, 0) is 103 Å². The molecule has 17 heteroatoms. The van der Waals surface area contributed by atoms with Gasteiger partial charge in [-0.3, -0.25) is 4.79 Å². The van der Waals surface area contributed by atoms with Gasteiger partial charge in [-0.15, -0.1) is 5.10 Å². The van der Waals surface area contributed by atoms with E-state index in [4.69, 9.17) is 0 Å². The van der Waals surface area contributed by atoms with Crippen molar-refractivity contribution < 1.29 is 49.4 Å². The Morgan fingerprint density at radius 3 is 1.94 bits per heavy atom. The maximum Gasteiger partial charge on any atom is 0.416 e. The number of nitrogens with zero attached hydrogens (tertiary/aromatic N) is 6. The average molecular weight is 709 g/mol. The van der Waals surface area contributed by atoms with Gasteiger partial charge in [0.05, 0.1) is 23.7 Å². The third-order valence-electron chi connectivity index (χ3n) is 8.64. The van der Waals surface area contributed by atoms with Crippen molar-refractivity contribution in [2.75, 3.05) is 22.9 Å². The predicted octanol–water partition coefficient (Wildman–Crippen LogP) is 8.28. The number of tetrazole rings is 1. The van der Waals surface area contributed by atoms with E-state index in [2.05, 4.69) is 15.4 Å². The van der Waals surface area contributed by atoms with Crippen molar-refractivity contribution in [3.8, 4) is 0 Å². The first-order chi connectivity index (χ1) is 22.7. The summed E-state index contributed by atoms with van der Waals surface area (Å²) in [6, 6.07) is 3.46. The molecule has 1 aliphatic carbocycles. The average Bonchev–Trinajstić information content (AvgIpc) is 3.42. The highest BCUT2D eigenvalue weighted by Gasteiger charge is 2.38. The molecular formula is C32H37F9N6O2. The van der Waals surface area contributed by atoms with Gasteiger partial charge in [-0.2, -0.15) is 44.3 Å². The second kappa shape index (κ2) is 14.8. The number of halogens is 9. The zero-order valence-electron chi connectivity index (χ0n) is 27.1. The quantitative estimate of drug-likeness (QED) is 0.190. The van der Waals surface area contributed by atoms with E-state index in [-0.39, 0.29) is 41.4 Å². The molecule has 0 bridgehead atoms. The summed E-state index contributed by atoms with van der Waals surface area (Å²) >= 11 is 0. The monoisotopic (exact) mass is 708 g/mol. The molecule has 0 saturated heterocycles.